The van der Waals surface area contributed by atoms with E-state index < -0.39 is 40.3 Å². The lowest BCUT2D eigenvalue weighted by Crippen LogP contribution is -2.42. The zero-order valence-corrected chi connectivity index (χ0v) is 18.0. The first kappa shape index (κ1) is 24.1. The summed E-state index contributed by atoms with van der Waals surface area (Å²) in [5.41, 5.74) is -0.305. The van der Waals surface area contributed by atoms with Gasteiger partial charge in [0.25, 0.3) is 5.69 Å². The van der Waals surface area contributed by atoms with Crippen LogP contribution < -0.4 is 10.6 Å². The number of carbonyl (C=O) groups excluding carboxylic acids is 3. The molecule has 3 aromatic carbocycles. The van der Waals surface area contributed by atoms with Gasteiger partial charge in [0.05, 0.1) is 21.7 Å². The monoisotopic (exact) mass is 465 g/mol. The molecule has 174 valence electrons. The number of ether oxygens (including phenoxy) is 1. The number of nitrogens with zero attached hydrogens (tertiary/aromatic N) is 1. The molecule has 2 amide bonds. The molecule has 0 aliphatic carbocycles. The molecule has 10 heteroatoms. The molecule has 9 nitrogen and oxygen atoms in total. The maximum absolute atomic E-state index is 14.1. The van der Waals surface area contributed by atoms with E-state index in [1.54, 1.807) is 24.3 Å². The Bertz CT molecular complexity index is 1230. The molecule has 0 aliphatic rings. The smallest absolute Gasteiger partial charge is 0.408 e. The first-order valence-corrected chi connectivity index (χ1v) is 10.1. The van der Waals surface area contributed by atoms with Gasteiger partial charge in [0.1, 0.15) is 18.5 Å². The number of non-ortho nitro benzene ring substituents is 1. The highest BCUT2D eigenvalue weighted by atomic mass is 19.1. The fourth-order valence-corrected chi connectivity index (χ4v) is 2.98. The second kappa shape index (κ2) is 10.8. The Morgan fingerprint density at radius 3 is 2.35 bits per heavy atom. The minimum Gasteiger partial charge on any atom is -0.445 e. The normalized spacial score (nSPS) is 11.2. The number of benzene rings is 3. The number of carbonyl (C=O) groups is 3. The Morgan fingerprint density at radius 1 is 1.00 bits per heavy atom. The SMILES string of the molecule is C[C@H](NC(=O)OCc1ccccc1)C(=O)Nc1ccc([N+](=O)[O-])cc1C(=O)c1ccccc1F. The van der Waals surface area contributed by atoms with Crippen LogP contribution in [0.15, 0.2) is 72.8 Å². The highest BCUT2D eigenvalue weighted by Gasteiger charge is 2.23. The van der Waals surface area contributed by atoms with Crippen LogP contribution in [0.3, 0.4) is 0 Å². The Hall–Kier alpha value is -4.60. The van der Waals surface area contributed by atoms with Gasteiger partial charge in [-0.15, -0.1) is 0 Å². The number of halogens is 1. The van der Waals surface area contributed by atoms with Crippen molar-refractivity contribution in [3.8, 4) is 0 Å². The number of alkyl carbamates (subject to hydrolysis) is 1. The van der Waals surface area contributed by atoms with Crippen molar-refractivity contribution in [2.75, 3.05) is 5.32 Å². The predicted octanol–water partition coefficient (Wildman–Crippen LogP) is 4.22. The first-order valence-electron chi connectivity index (χ1n) is 10.1. The Kier molecular flexibility index (Phi) is 7.65. The van der Waals surface area contributed by atoms with E-state index in [0.717, 1.165) is 23.8 Å². The summed E-state index contributed by atoms with van der Waals surface area (Å²) in [6, 6.07) is 16.2. The van der Waals surface area contributed by atoms with Gasteiger partial charge in [-0.25, -0.2) is 9.18 Å². The van der Waals surface area contributed by atoms with Gasteiger partial charge in [0.2, 0.25) is 5.91 Å². The van der Waals surface area contributed by atoms with E-state index in [2.05, 4.69) is 10.6 Å². The zero-order valence-electron chi connectivity index (χ0n) is 18.0. The van der Waals surface area contributed by atoms with Crippen LogP contribution >= 0.6 is 0 Å². The lowest BCUT2D eigenvalue weighted by molar-refractivity contribution is -0.384. The summed E-state index contributed by atoms with van der Waals surface area (Å²) in [5, 5.41) is 16.0. The molecule has 0 saturated heterocycles. The van der Waals surface area contributed by atoms with Gasteiger partial charge in [0.15, 0.2) is 5.78 Å². The maximum Gasteiger partial charge on any atom is 0.408 e. The molecule has 0 unspecified atom stereocenters. The summed E-state index contributed by atoms with van der Waals surface area (Å²) in [7, 11) is 0. The van der Waals surface area contributed by atoms with Crippen molar-refractivity contribution in [2.24, 2.45) is 0 Å². The molecule has 0 aromatic heterocycles. The minimum atomic E-state index is -1.07. The highest BCUT2D eigenvalue weighted by molar-refractivity contribution is 6.14. The van der Waals surface area contributed by atoms with Crippen LogP contribution in [0.2, 0.25) is 0 Å². The standard InChI is InChI=1S/C24H20FN3O6/c1-15(26-24(31)34-14-16-7-3-2-4-8-16)23(30)27-21-12-11-17(28(32)33)13-19(21)22(29)18-9-5-6-10-20(18)25/h2-13,15H,14H2,1H3,(H,26,31)(H,27,30)/t15-/m0/s1. The van der Waals surface area contributed by atoms with Crippen molar-refractivity contribution in [1.82, 2.24) is 5.32 Å². The summed E-state index contributed by atoms with van der Waals surface area (Å²) < 4.78 is 19.2. The van der Waals surface area contributed by atoms with Gasteiger partial charge in [-0.2, -0.15) is 0 Å². The largest absolute Gasteiger partial charge is 0.445 e. The number of nitrogens with one attached hydrogen (secondary N) is 2. The van der Waals surface area contributed by atoms with Crippen LogP contribution in [0.1, 0.15) is 28.4 Å². The molecule has 0 saturated carbocycles. The van der Waals surface area contributed by atoms with Crippen LogP contribution in [0.5, 0.6) is 0 Å². The Labute approximate surface area is 193 Å². The Morgan fingerprint density at radius 2 is 1.68 bits per heavy atom. The second-order valence-corrected chi connectivity index (χ2v) is 7.21. The number of anilines is 1. The van der Waals surface area contributed by atoms with E-state index in [-0.39, 0.29) is 23.4 Å². The summed E-state index contributed by atoms with van der Waals surface area (Å²) in [6.07, 6.45) is -0.835. The molecular formula is C24H20FN3O6. The van der Waals surface area contributed by atoms with Gasteiger partial charge >= 0.3 is 6.09 Å². The lowest BCUT2D eigenvalue weighted by atomic mass is 10.00. The average Bonchev–Trinajstić information content (AvgIpc) is 2.83. The molecule has 1 atom stereocenters. The molecular weight excluding hydrogens is 445 g/mol. The number of hydrogen-bond acceptors (Lipinski definition) is 6. The predicted molar refractivity (Wildman–Crippen MR) is 121 cm³/mol. The summed E-state index contributed by atoms with van der Waals surface area (Å²) in [6.45, 7) is 1.40. The van der Waals surface area contributed by atoms with Crippen molar-refractivity contribution >= 4 is 29.2 Å². The van der Waals surface area contributed by atoms with E-state index in [1.807, 2.05) is 6.07 Å². The molecule has 3 aromatic rings. The lowest BCUT2D eigenvalue weighted by Gasteiger charge is -2.16. The molecule has 34 heavy (non-hydrogen) atoms. The second-order valence-electron chi connectivity index (χ2n) is 7.21. The quantitative estimate of drug-likeness (QED) is 0.291. The van der Waals surface area contributed by atoms with E-state index in [4.69, 9.17) is 4.74 Å². The molecule has 2 N–H and O–H groups in total. The van der Waals surface area contributed by atoms with Crippen molar-refractivity contribution in [3.63, 3.8) is 0 Å². The highest BCUT2D eigenvalue weighted by Crippen LogP contribution is 2.26. The molecule has 0 bridgehead atoms. The van der Waals surface area contributed by atoms with Crippen molar-refractivity contribution in [2.45, 2.75) is 19.6 Å². The van der Waals surface area contributed by atoms with Crippen LogP contribution in [0.25, 0.3) is 0 Å². The molecule has 0 radical (unpaired) electrons. The van der Waals surface area contributed by atoms with Crippen LogP contribution in [0.4, 0.5) is 20.6 Å². The first-order chi connectivity index (χ1) is 16.3. The molecule has 0 fully saturated rings. The third kappa shape index (κ3) is 6.00. The Balaban J connectivity index is 1.74. The summed E-state index contributed by atoms with van der Waals surface area (Å²) in [5.74, 6) is -2.37. The maximum atomic E-state index is 14.1. The van der Waals surface area contributed by atoms with Crippen molar-refractivity contribution in [1.29, 1.82) is 0 Å². The van der Waals surface area contributed by atoms with E-state index in [1.165, 1.54) is 31.2 Å². The van der Waals surface area contributed by atoms with Gasteiger partial charge in [-0.1, -0.05) is 42.5 Å². The number of nitro groups is 1. The minimum absolute atomic E-state index is 0.00462. The van der Waals surface area contributed by atoms with Gasteiger partial charge in [-0.05, 0) is 30.7 Å². The van der Waals surface area contributed by atoms with Crippen molar-refractivity contribution in [3.05, 3.63) is 105 Å². The summed E-state index contributed by atoms with van der Waals surface area (Å²) in [4.78, 5) is 48.0. The van der Waals surface area contributed by atoms with Gasteiger partial charge < -0.3 is 15.4 Å². The van der Waals surface area contributed by atoms with Gasteiger partial charge in [-0.3, -0.25) is 19.7 Å². The average molecular weight is 465 g/mol. The third-order valence-corrected chi connectivity index (χ3v) is 4.78. The number of nitro benzene ring substituents is 1. The van der Waals surface area contributed by atoms with Crippen LogP contribution in [-0.4, -0.2) is 28.7 Å². The number of amides is 2. The summed E-state index contributed by atoms with van der Waals surface area (Å²) >= 11 is 0. The van der Waals surface area contributed by atoms with E-state index in [0.29, 0.717) is 0 Å². The molecule has 3 rings (SSSR count). The third-order valence-electron chi connectivity index (χ3n) is 4.78. The van der Waals surface area contributed by atoms with Crippen molar-refractivity contribution < 1.29 is 28.4 Å². The van der Waals surface area contributed by atoms with Gasteiger partial charge in [0, 0.05) is 12.1 Å². The number of rotatable bonds is 8. The fraction of sp³-hybridized carbons (Fsp3) is 0.125. The van der Waals surface area contributed by atoms with Crippen LogP contribution in [-0.2, 0) is 16.1 Å². The topological polar surface area (TPSA) is 128 Å². The van der Waals surface area contributed by atoms with E-state index >= 15 is 0 Å². The fourth-order valence-electron chi connectivity index (χ4n) is 2.98. The number of ketones is 1. The van der Waals surface area contributed by atoms with Crippen LogP contribution in [0, 0.1) is 15.9 Å². The van der Waals surface area contributed by atoms with E-state index in [9.17, 15) is 28.9 Å². The molecule has 0 spiro atoms. The molecule has 0 aliphatic heterocycles. The number of hydrogen-bond donors (Lipinski definition) is 2. The molecule has 0 heterocycles. The zero-order chi connectivity index (χ0) is 24.7.